The van der Waals surface area contributed by atoms with Crippen molar-refractivity contribution in [1.29, 1.82) is 0 Å². The summed E-state index contributed by atoms with van der Waals surface area (Å²) in [7, 11) is 1.68. The number of hydrogen-bond donors (Lipinski definition) is 1. The Kier molecular flexibility index (Phi) is 4.56. The lowest BCUT2D eigenvalue weighted by molar-refractivity contribution is 0.416. The maximum atomic E-state index is 5.43. The van der Waals surface area contributed by atoms with Crippen LogP contribution in [0, 0.1) is 13.8 Å². The Morgan fingerprint density at radius 3 is 2.60 bits per heavy atom. The molecule has 0 bridgehead atoms. The zero-order chi connectivity index (χ0) is 14.5. The van der Waals surface area contributed by atoms with Gasteiger partial charge in [-0.05, 0) is 32.4 Å². The van der Waals surface area contributed by atoms with Gasteiger partial charge in [-0.15, -0.1) is 0 Å². The Labute approximate surface area is 120 Å². The Bertz CT molecular complexity index is 596. The largest absolute Gasteiger partial charge is 0.496 e. The number of aryl methyl sites for hydroxylation is 1. The van der Waals surface area contributed by atoms with Gasteiger partial charge in [0.15, 0.2) is 0 Å². The molecular formula is C16H21N3O. The van der Waals surface area contributed by atoms with Gasteiger partial charge >= 0.3 is 0 Å². The normalized spacial score (nSPS) is 10.4. The zero-order valence-corrected chi connectivity index (χ0v) is 12.5. The molecule has 0 aliphatic carbocycles. The summed E-state index contributed by atoms with van der Waals surface area (Å²) in [6.45, 7) is 6.99. The lowest BCUT2D eigenvalue weighted by Gasteiger charge is -2.14. The first kappa shape index (κ1) is 14.3. The second kappa shape index (κ2) is 6.37. The van der Waals surface area contributed by atoms with Gasteiger partial charge in [0.05, 0.1) is 12.8 Å². The van der Waals surface area contributed by atoms with E-state index < -0.39 is 0 Å². The molecular weight excluding hydrogens is 250 g/mol. The van der Waals surface area contributed by atoms with Gasteiger partial charge in [0.1, 0.15) is 17.4 Å². The van der Waals surface area contributed by atoms with Crippen LogP contribution in [0.5, 0.6) is 5.75 Å². The molecule has 106 valence electrons. The molecule has 1 heterocycles. The number of nitrogens with one attached hydrogen (secondary N) is 1. The van der Waals surface area contributed by atoms with Gasteiger partial charge in [-0.1, -0.05) is 19.1 Å². The van der Waals surface area contributed by atoms with Crippen LogP contribution in [-0.4, -0.2) is 23.6 Å². The molecule has 0 spiro atoms. The number of aromatic nitrogens is 2. The van der Waals surface area contributed by atoms with E-state index >= 15 is 0 Å². The molecule has 0 saturated heterocycles. The topological polar surface area (TPSA) is 47.0 Å². The summed E-state index contributed by atoms with van der Waals surface area (Å²) < 4.78 is 5.43. The minimum absolute atomic E-state index is 0.759. The highest BCUT2D eigenvalue weighted by Gasteiger charge is 2.14. The monoisotopic (exact) mass is 271 g/mol. The molecule has 0 aliphatic heterocycles. The van der Waals surface area contributed by atoms with Crippen molar-refractivity contribution in [1.82, 2.24) is 9.97 Å². The Morgan fingerprint density at radius 2 is 1.90 bits per heavy atom. The molecule has 20 heavy (non-hydrogen) atoms. The van der Waals surface area contributed by atoms with E-state index in [9.17, 15) is 0 Å². The first-order valence-electron chi connectivity index (χ1n) is 6.89. The molecule has 2 rings (SSSR count). The van der Waals surface area contributed by atoms with Gasteiger partial charge in [-0.2, -0.15) is 0 Å². The van der Waals surface area contributed by atoms with Crippen LogP contribution in [0.2, 0.25) is 0 Å². The van der Waals surface area contributed by atoms with Crippen molar-refractivity contribution in [2.75, 3.05) is 19.0 Å². The summed E-state index contributed by atoms with van der Waals surface area (Å²) in [6, 6.07) is 7.93. The highest BCUT2D eigenvalue weighted by atomic mass is 16.5. The molecule has 0 unspecified atom stereocenters. The number of ether oxygens (including phenoxy) is 1. The van der Waals surface area contributed by atoms with Crippen molar-refractivity contribution >= 4 is 5.82 Å². The van der Waals surface area contributed by atoms with Crippen molar-refractivity contribution in [2.24, 2.45) is 0 Å². The van der Waals surface area contributed by atoms with Gasteiger partial charge in [-0.3, -0.25) is 0 Å². The Morgan fingerprint density at radius 1 is 1.15 bits per heavy atom. The van der Waals surface area contributed by atoms with E-state index in [0.717, 1.165) is 47.2 Å². The number of hydrogen-bond acceptors (Lipinski definition) is 4. The van der Waals surface area contributed by atoms with E-state index in [1.54, 1.807) is 7.11 Å². The molecule has 0 radical (unpaired) electrons. The highest BCUT2D eigenvalue weighted by Crippen LogP contribution is 2.32. The third kappa shape index (κ3) is 2.90. The highest BCUT2D eigenvalue weighted by molar-refractivity contribution is 5.73. The molecule has 0 amide bonds. The molecule has 0 aliphatic rings. The SMILES string of the molecule is CCCNc1nc(C)nc(-c2ccccc2OC)c1C. The number of para-hydroxylation sites is 1. The molecule has 2 aromatic rings. The molecule has 4 nitrogen and oxygen atoms in total. The van der Waals surface area contributed by atoms with E-state index in [1.807, 2.05) is 38.1 Å². The fourth-order valence-electron chi connectivity index (χ4n) is 2.15. The van der Waals surface area contributed by atoms with Crippen molar-refractivity contribution in [2.45, 2.75) is 27.2 Å². The smallest absolute Gasteiger partial charge is 0.133 e. The van der Waals surface area contributed by atoms with Gasteiger partial charge in [0.2, 0.25) is 0 Å². The average molecular weight is 271 g/mol. The Hall–Kier alpha value is -2.10. The number of methoxy groups -OCH3 is 1. The summed E-state index contributed by atoms with van der Waals surface area (Å²) in [5, 5.41) is 3.36. The predicted octanol–water partition coefficient (Wildman–Crippen LogP) is 3.59. The molecule has 1 N–H and O–H groups in total. The number of benzene rings is 1. The fourth-order valence-corrected chi connectivity index (χ4v) is 2.15. The van der Waals surface area contributed by atoms with Crippen LogP contribution in [0.3, 0.4) is 0 Å². The first-order chi connectivity index (χ1) is 9.67. The van der Waals surface area contributed by atoms with Gasteiger partial charge in [0.25, 0.3) is 0 Å². The maximum Gasteiger partial charge on any atom is 0.133 e. The fraction of sp³-hybridized carbons (Fsp3) is 0.375. The molecule has 0 saturated carbocycles. The second-order valence-electron chi connectivity index (χ2n) is 4.72. The van der Waals surface area contributed by atoms with Crippen molar-refractivity contribution < 1.29 is 4.74 Å². The van der Waals surface area contributed by atoms with Crippen LogP contribution in [-0.2, 0) is 0 Å². The summed E-state index contributed by atoms with van der Waals surface area (Å²) in [5.41, 5.74) is 2.97. The second-order valence-corrected chi connectivity index (χ2v) is 4.72. The number of anilines is 1. The average Bonchev–Trinajstić information content (AvgIpc) is 2.47. The van der Waals surface area contributed by atoms with Gasteiger partial charge < -0.3 is 10.1 Å². The molecule has 4 heteroatoms. The van der Waals surface area contributed by atoms with Crippen LogP contribution in [0.4, 0.5) is 5.82 Å². The standard InChI is InChI=1S/C16H21N3O/c1-5-10-17-16-11(2)15(18-12(3)19-16)13-8-6-7-9-14(13)20-4/h6-9H,5,10H2,1-4H3,(H,17,18,19). The minimum atomic E-state index is 0.759. The van der Waals surface area contributed by atoms with Gasteiger partial charge in [0, 0.05) is 17.7 Å². The third-order valence-corrected chi connectivity index (χ3v) is 3.16. The minimum Gasteiger partial charge on any atom is -0.496 e. The molecule has 1 aromatic heterocycles. The summed E-state index contributed by atoms with van der Waals surface area (Å²) in [4.78, 5) is 9.08. The summed E-state index contributed by atoms with van der Waals surface area (Å²) in [5.74, 6) is 2.49. The lowest BCUT2D eigenvalue weighted by atomic mass is 10.1. The maximum absolute atomic E-state index is 5.43. The Balaban J connectivity index is 2.53. The van der Waals surface area contributed by atoms with E-state index in [1.165, 1.54) is 0 Å². The van der Waals surface area contributed by atoms with Crippen molar-refractivity contribution in [3.63, 3.8) is 0 Å². The van der Waals surface area contributed by atoms with Crippen LogP contribution < -0.4 is 10.1 Å². The molecule has 0 fully saturated rings. The number of rotatable bonds is 5. The van der Waals surface area contributed by atoms with Crippen LogP contribution in [0.25, 0.3) is 11.3 Å². The van der Waals surface area contributed by atoms with Crippen molar-refractivity contribution in [3.05, 3.63) is 35.7 Å². The molecule has 0 atom stereocenters. The van der Waals surface area contributed by atoms with Gasteiger partial charge in [-0.25, -0.2) is 9.97 Å². The zero-order valence-electron chi connectivity index (χ0n) is 12.5. The van der Waals surface area contributed by atoms with Crippen molar-refractivity contribution in [3.8, 4) is 17.0 Å². The van der Waals surface area contributed by atoms with E-state index in [-0.39, 0.29) is 0 Å². The van der Waals surface area contributed by atoms with E-state index in [2.05, 4.69) is 22.2 Å². The van der Waals surface area contributed by atoms with Crippen LogP contribution in [0.1, 0.15) is 24.7 Å². The first-order valence-corrected chi connectivity index (χ1v) is 6.89. The van der Waals surface area contributed by atoms with E-state index in [0.29, 0.717) is 0 Å². The summed E-state index contributed by atoms with van der Waals surface area (Å²) >= 11 is 0. The predicted molar refractivity (Wildman–Crippen MR) is 82.3 cm³/mol. The molecule has 1 aromatic carbocycles. The van der Waals surface area contributed by atoms with Crippen LogP contribution >= 0.6 is 0 Å². The number of nitrogens with zero attached hydrogens (tertiary/aromatic N) is 2. The lowest BCUT2D eigenvalue weighted by Crippen LogP contribution is -2.07. The third-order valence-electron chi connectivity index (χ3n) is 3.16. The summed E-state index contributed by atoms with van der Waals surface area (Å²) in [6.07, 6.45) is 1.06. The van der Waals surface area contributed by atoms with Crippen LogP contribution in [0.15, 0.2) is 24.3 Å². The quantitative estimate of drug-likeness (QED) is 0.902. The van der Waals surface area contributed by atoms with E-state index in [4.69, 9.17) is 4.74 Å².